The number of esters is 3. The van der Waals surface area contributed by atoms with Gasteiger partial charge in [0.05, 0.1) is 6.61 Å². The quantitative estimate of drug-likeness (QED) is 0.0228. The Balaban J connectivity index is 2.76. The Kier molecular flexibility index (Phi) is 44.0. The molecule has 0 bridgehead atoms. The van der Waals surface area contributed by atoms with Crippen LogP contribution in [0.2, 0.25) is 0 Å². The third-order valence-corrected chi connectivity index (χ3v) is 11.9. The van der Waals surface area contributed by atoms with Crippen LogP contribution < -0.4 is 0 Å². The van der Waals surface area contributed by atoms with Gasteiger partial charge in [0.25, 0.3) is 0 Å². The van der Waals surface area contributed by atoms with Crippen LogP contribution in [-0.2, 0) is 42.9 Å². The molecule has 0 aliphatic carbocycles. The summed E-state index contributed by atoms with van der Waals surface area (Å²) >= 11 is 0. The molecule has 0 spiro atoms. The molecule has 0 aromatic heterocycles. The summed E-state index contributed by atoms with van der Waals surface area (Å²) in [5.41, 5.74) is 0. The van der Waals surface area contributed by atoms with Crippen LogP contribution in [0, 0.1) is 0 Å². The van der Waals surface area contributed by atoms with Gasteiger partial charge in [-0.15, -0.1) is 0 Å². The molecule has 0 saturated carbocycles. The van der Waals surface area contributed by atoms with Gasteiger partial charge in [0.15, 0.2) is 24.6 Å². The zero-order chi connectivity index (χ0) is 53.3. The summed E-state index contributed by atoms with van der Waals surface area (Å²) in [5.74, 6) is -3.27. The minimum absolute atomic E-state index is 0.0471. The maximum absolute atomic E-state index is 13.1. The molecule has 0 radical (unpaired) electrons. The molecule has 1 aliphatic rings. The van der Waals surface area contributed by atoms with Crippen LogP contribution in [0.4, 0.5) is 0 Å². The normalized spacial score (nSPS) is 19.2. The van der Waals surface area contributed by atoms with Gasteiger partial charge < -0.3 is 39.0 Å². The minimum atomic E-state index is -1.92. The van der Waals surface area contributed by atoms with Crippen LogP contribution in [-0.4, -0.2) is 89.2 Å². The van der Waals surface area contributed by atoms with Crippen molar-refractivity contribution >= 4 is 23.9 Å². The molecule has 1 fully saturated rings. The molecule has 412 valence electrons. The van der Waals surface area contributed by atoms with Crippen molar-refractivity contribution in [3.63, 3.8) is 0 Å². The third-order valence-electron chi connectivity index (χ3n) is 11.9. The Hall–Kier alpha value is -4.62. The fraction of sp³-hybridized carbons (Fsp3) is 0.639. The Labute approximate surface area is 440 Å². The van der Waals surface area contributed by atoms with Gasteiger partial charge >= 0.3 is 23.9 Å². The largest absolute Gasteiger partial charge is 0.479 e. The number of aliphatic hydroxyl groups is 2. The third kappa shape index (κ3) is 38.6. The van der Waals surface area contributed by atoms with E-state index in [4.69, 9.17) is 23.7 Å². The van der Waals surface area contributed by atoms with Crippen molar-refractivity contribution in [2.45, 2.75) is 237 Å². The van der Waals surface area contributed by atoms with Gasteiger partial charge in [-0.05, 0) is 89.9 Å². The number of hydrogen-bond acceptors (Lipinski definition) is 11. The average Bonchev–Trinajstić information content (AvgIpc) is 3.37. The van der Waals surface area contributed by atoms with E-state index in [1.807, 2.05) is 12.2 Å². The molecule has 73 heavy (non-hydrogen) atoms. The molecule has 1 saturated heterocycles. The predicted molar refractivity (Wildman–Crippen MR) is 294 cm³/mol. The van der Waals surface area contributed by atoms with E-state index in [0.29, 0.717) is 19.3 Å². The fourth-order valence-electron chi connectivity index (χ4n) is 7.64. The van der Waals surface area contributed by atoms with Crippen LogP contribution in [0.25, 0.3) is 0 Å². The lowest BCUT2D eigenvalue weighted by atomic mass is 9.98. The standard InChI is InChI=1S/C61H96O12/c1-4-7-10-13-16-19-21-23-25-26-27-28-30-31-33-36-38-41-44-47-53(62)69-50-52(71-54(63)48-45-42-40-37-34-32-29-24-22-20-17-14-11-8-5-2)51-70-61-59(57(66)56(65)58(73-61)60(67)68)72-55(64)49-46-43-39-35-18-15-12-9-6-3/h7-8,10-11,16-17,19-20,23-25,27-29,31,33,38,41,52,56-59,61,65-66H,4-6,9,12-15,18,21-22,26,30,32,34-37,39-40,42-51H2,1-3H3,(H,67,68)/b10-7-,11-8-,19-16-,20-17-,25-23-,28-27-,29-24-,33-31-,41-38-. The second kappa shape index (κ2) is 48.3. The van der Waals surface area contributed by atoms with Crippen molar-refractivity contribution in [2.24, 2.45) is 0 Å². The lowest BCUT2D eigenvalue weighted by molar-refractivity contribution is -0.301. The van der Waals surface area contributed by atoms with Gasteiger partial charge in [-0.2, -0.15) is 0 Å². The summed E-state index contributed by atoms with van der Waals surface area (Å²) in [7, 11) is 0. The molecule has 1 heterocycles. The van der Waals surface area contributed by atoms with E-state index in [1.54, 1.807) is 0 Å². The van der Waals surface area contributed by atoms with Crippen LogP contribution in [0.1, 0.15) is 201 Å². The number of unbranched alkanes of at least 4 members (excludes halogenated alkanes) is 13. The number of carboxylic acids is 1. The molecule has 3 N–H and O–H groups in total. The van der Waals surface area contributed by atoms with E-state index < -0.39 is 67.3 Å². The number of aliphatic carboxylic acids is 1. The molecule has 0 aromatic carbocycles. The van der Waals surface area contributed by atoms with E-state index in [1.165, 1.54) is 25.7 Å². The molecule has 12 heteroatoms. The van der Waals surface area contributed by atoms with Crippen LogP contribution in [0.15, 0.2) is 109 Å². The smallest absolute Gasteiger partial charge is 0.335 e. The van der Waals surface area contributed by atoms with Gasteiger partial charge in [-0.3, -0.25) is 14.4 Å². The van der Waals surface area contributed by atoms with Crippen LogP contribution in [0.3, 0.4) is 0 Å². The molecule has 12 nitrogen and oxygen atoms in total. The molecule has 1 rings (SSSR count). The molecular formula is C61H96O12. The summed E-state index contributed by atoms with van der Waals surface area (Å²) in [6.07, 6.45) is 52.4. The van der Waals surface area contributed by atoms with E-state index in [9.17, 15) is 34.5 Å². The van der Waals surface area contributed by atoms with Crippen molar-refractivity contribution in [1.82, 2.24) is 0 Å². The first-order valence-corrected chi connectivity index (χ1v) is 27.9. The van der Waals surface area contributed by atoms with E-state index in [0.717, 1.165) is 116 Å². The SMILES string of the molecule is CC/C=C\C/C=C\C/C=C\C/C=C\C/C=C\C/C=C\CCC(=O)OCC(COC1OC(C(=O)O)C(O)C(O)C1OC(=O)CCCCCCCCCCC)OC(=O)CCCCCCC/C=C\C/C=C\C/C=C\CC. The first kappa shape index (κ1) is 66.4. The van der Waals surface area contributed by atoms with Gasteiger partial charge in [0, 0.05) is 19.3 Å². The van der Waals surface area contributed by atoms with E-state index in [2.05, 4.69) is 118 Å². The highest BCUT2D eigenvalue weighted by atomic mass is 16.7. The average molecular weight is 1020 g/mol. The summed E-state index contributed by atoms with van der Waals surface area (Å²) in [6.45, 7) is 5.63. The van der Waals surface area contributed by atoms with Gasteiger partial charge in [-0.1, -0.05) is 201 Å². The monoisotopic (exact) mass is 1020 g/mol. The molecule has 6 atom stereocenters. The van der Waals surface area contributed by atoms with Crippen LogP contribution >= 0.6 is 0 Å². The molecule has 0 amide bonds. The number of carbonyl (C=O) groups is 4. The Morgan fingerprint density at radius 3 is 1.37 bits per heavy atom. The Morgan fingerprint density at radius 2 is 0.890 bits per heavy atom. The van der Waals surface area contributed by atoms with Crippen molar-refractivity contribution in [3.05, 3.63) is 109 Å². The Morgan fingerprint density at radius 1 is 0.466 bits per heavy atom. The number of carboxylic acid groups (broad SMARTS) is 1. The lowest BCUT2D eigenvalue weighted by Gasteiger charge is -2.40. The van der Waals surface area contributed by atoms with Gasteiger partial charge in [0.1, 0.15) is 18.8 Å². The molecule has 1 aliphatic heterocycles. The van der Waals surface area contributed by atoms with Crippen molar-refractivity contribution < 1.29 is 58.2 Å². The number of hydrogen-bond donors (Lipinski definition) is 3. The second-order valence-corrected chi connectivity index (χ2v) is 18.5. The highest BCUT2D eigenvalue weighted by molar-refractivity contribution is 5.74. The van der Waals surface area contributed by atoms with Crippen molar-refractivity contribution in [1.29, 1.82) is 0 Å². The number of rotatable bonds is 45. The highest BCUT2D eigenvalue weighted by Gasteiger charge is 2.50. The molecule has 6 unspecified atom stereocenters. The Bertz CT molecular complexity index is 1690. The molecule has 0 aromatic rings. The number of ether oxygens (including phenoxy) is 5. The zero-order valence-corrected chi connectivity index (χ0v) is 45.1. The van der Waals surface area contributed by atoms with Crippen molar-refractivity contribution in [3.8, 4) is 0 Å². The summed E-state index contributed by atoms with van der Waals surface area (Å²) in [5, 5.41) is 31.3. The predicted octanol–water partition coefficient (Wildman–Crippen LogP) is 13.9. The zero-order valence-electron chi connectivity index (χ0n) is 45.1. The topological polar surface area (TPSA) is 175 Å². The second-order valence-electron chi connectivity index (χ2n) is 18.5. The molecular weight excluding hydrogens is 925 g/mol. The summed E-state index contributed by atoms with van der Waals surface area (Å²) in [6, 6.07) is 0. The summed E-state index contributed by atoms with van der Waals surface area (Å²) < 4.78 is 28.2. The van der Waals surface area contributed by atoms with Gasteiger partial charge in [0.2, 0.25) is 0 Å². The van der Waals surface area contributed by atoms with Gasteiger partial charge in [-0.25, -0.2) is 4.79 Å². The van der Waals surface area contributed by atoms with Crippen molar-refractivity contribution in [2.75, 3.05) is 13.2 Å². The van der Waals surface area contributed by atoms with Crippen LogP contribution in [0.5, 0.6) is 0 Å². The number of carbonyl (C=O) groups excluding carboxylic acids is 3. The maximum atomic E-state index is 13.1. The number of aliphatic hydroxyl groups excluding tert-OH is 2. The summed E-state index contributed by atoms with van der Waals surface area (Å²) in [4.78, 5) is 50.9. The fourth-order valence-corrected chi connectivity index (χ4v) is 7.64. The first-order chi connectivity index (χ1) is 35.6. The lowest BCUT2D eigenvalue weighted by Crippen LogP contribution is -2.61. The first-order valence-electron chi connectivity index (χ1n) is 27.9. The highest BCUT2D eigenvalue weighted by Crippen LogP contribution is 2.26. The van der Waals surface area contributed by atoms with E-state index in [-0.39, 0.29) is 25.9 Å². The maximum Gasteiger partial charge on any atom is 0.335 e. The van der Waals surface area contributed by atoms with E-state index >= 15 is 0 Å². The number of allylic oxidation sites excluding steroid dienone is 18. The minimum Gasteiger partial charge on any atom is -0.479 e.